The lowest BCUT2D eigenvalue weighted by Gasteiger charge is -2.48. The van der Waals surface area contributed by atoms with E-state index < -0.39 is 34.6 Å². The quantitative estimate of drug-likeness (QED) is 0.0480. The van der Waals surface area contributed by atoms with Gasteiger partial charge in [0.05, 0.1) is 30.9 Å². The number of phenolic OH excluding ortho intramolecular Hbond substituents is 2. The Hall–Kier alpha value is -5.30. The minimum Gasteiger partial charge on any atom is -0.508 e. The Morgan fingerprint density at radius 2 is 1.70 bits per heavy atom. The van der Waals surface area contributed by atoms with Crippen molar-refractivity contribution in [1.82, 2.24) is 4.98 Å². The second-order valence-corrected chi connectivity index (χ2v) is 27.0. The summed E-state index contributed by atoms with van der Waals surface area (Å²) < 4.78 is 6.24. The van der Waals surface area contributed by atoms with E-state index in [0.29, 0.717) is 77.9 Å². The van der Waals surface area contributed by atoms with E-state index in [-0.39, 0.29) is 66.9 Å². The number of fused-ring (bicyclic) bond motifs is 9. The molecular weight excluding hydrogens is 1030 g/mol. The number of nitrogens with one attached hydrogen (secondary N) is 1. The highest BCUT2D eigenvalue weighted by Gasteiger charge is 2.59. The lowest BCUT2D eigenvalue weighted by molar-refractivity contribution is -0.114. The fraction of sp³-hybridized carbons (Fsp3) is 0.485. The summed E-state index contributed by atoms with van der Waals surface area (Å²) in [5.41, 5.74) is 20.8. The second kappa shape index (κ2) is 23.3. The molecule has 6 aliphatic rings. The lowest BCUT2D eigenvalue weighted by atomic mass is 9.58. The van der Waals surface area contributed by atoms with E-state index in [1.807, 2.05) is 31.2 Å². The third kappa shape index (κ3) is 11.8. The van der Waals surface area contributed by atoms with Crippen molar-refractivity contribution in [2.75, 3.05) is 19.0 Å². The monoisotopic (exact) mass is 1100 g/mol. The molecule has 5 aromatic rings. The van der Waals surface area contributed by atoms with Crippen LogP contribution in [-0.4, -0.2) is 72.8 Å². The lowest BCUT2D eigenvalue weighted by Crippen LogP contribution is -2.42. The Labute approximate surface area is 473 Å². The molecule has 8 bridgehead atoms. The summed E-state index contributed by atoms with van der Waals surface area (Å²) in [4.78, 5) is 31.8. The van der Waals surface area contributed by atoms with Gasteiger partial charge >= 0.3 is 0 Å². The van der Waals surface area contributed by atoms with Gasteiger partial charge in [0.25, 0.3) is 0 Å². The number of benzene rings is 4. The highest BCUT2D eigenvalue weighted by molar-refractivity contribution is 8.76. The SMILES string of the molecule is CC1(O)CCCC2CC(CO)c3ccccc3CC2C(CC2CCC34CSSCc5cc6c(cc5C(N)N)C#CCc5[nH]ccc5C(=O)CC6c5cc(ccc5O)CCOc5cc(ccc5O)CCC(=O)C=CC2(CC3O)C4)C1. The average Bonchev–Trinajstić information content (AvgIpc) is 4.20. The van der Waals surface area contributed by atoms with Gasteiger partial charge in [-0.1, -0.05) is 101 Å². The number of Topliss-reactive ketones (excluding diaryl/α,β-unsaturated/α-hetero) is 1. The molecule has 3 saturated carbocycles. The number of aromatic hydroxyl groups is 2. The van der Waals surface area contributed by atoms with E-state index in [1.54, 1.807) is 58.1 Å². The van der Waals surface area contributed by atoms with Crippen LogP contribution in [0.25, 0.3) is 0 Å². The van der Waals surface area contributed by atoms with Crippen molar-refractivity contribution in [2.24, 2.45) is 46.0 Å². The fourth-order valence-electron chi connectivity index (χ4n) is 15.3. The molecule has 13 heteroatoms. The number of aromatic amines is 1. The Balaban J connectivity index is 0.946. The first-order valence-corrected chi connectivity index (χ1v) is 31.3. The van der Waals surface area contributed by atoms with Crippen molar-refractivity contribution in [3.8, 4) is 29.1 Å². The first-order chi connectivity index (χ1) is 38.1. The van der Waals surface area contributed by atoms with Crippen molar-refractivity contribution in [3.05, 3.63) is 159 Å². The molecule has 11 rings (SSSR count). The van der Waals surface area contributed by atoms with E-state index in [9.17, 15) is 35.1 Å². The molecule has 10 unspecified atom stereocenters. The third-order valence-corrected chi connectivity index (χ3v) is 21.9. The standard InChI is InChI=1S/C66H77N3O8S2/c1-64(76)21-5-8-42-28-46(36-70)50-9-3-2-6-43(50)30-52(42)45(34-64)29-48-17-22-66-38-65(48,35-62(66)75)23-18-49(71)14-11-40-13-16-59(73)61(27-40)77-25-20-41-12-15-58(72)56(26-41)55-33-60(74)51-19-24-69-57(51)10-4-7-44-31-54(63(67)68)47(32-53(44)55)37-78-79-39-66/h2-3,6,9,12-13,15-16,18-19,23-24,26-27,31-32,42,45-46,48,52,55,62-63,69-70,72-73,75-76H,5,8,10-11,14,17,20-22,25,28-30,33-39,67-68H2,1H3. The minimum absolute atomic E-state index is 0.00429. The summed E-state index contributed by atoms with van der Waals surface area (Å²) in [5.74, 6) is 8.83. The number of carbonyl (C=O) groups is 2. The molecule has 0 saturated heterocycles. The van der Waals surface area contributed by atoms with Crippen LogP contribution >= 0.6 is 21.6 Å². The van der Waals surface area contributed by atoms with Crippen molar-refractivity contribution in [1.29, 1.82) is 0 Å². The minimum atomic E-state index is -0.818. The second-order valence-electron chi connectivity index (χ2n) is 24.6. The van der Waals surface area contributed by atoms with Crippen LogP contribution in [0, 0.1) is 46.3 Å². The third-order valence-electron chi connectivity index (χ3n) is 19.4. The number of rotatable bonds is 4. The van der Waals surface area contributed by atoms with Crippen LogP contribution in [0.4, 0.5) is 0 Å². The van der Waals surface area contributed by atoms with Crippen LogP contribution < -0.4 is 16.2 Å². The van der Waals surface area contributed by atoms with Crippen molar-refractivity contribution in [3.63, 3.8) is 0 Å². The molecule has 3 fully saturated rings. The van der Waals surface area contributed by atoms with Crippen LogP contribution in [0.2, 0.25) is 0 Å². The van der Waals surface area contributed by atoms with Crippen molar-refractivity contribution < 1.29 is 39.9 Å². The number of aromatic nitrogens is 1. The molecule has 1 aromatic heterocycles. The first kappa shape index (κ1) is 55.6. The van der Waals surface area contributed by atoms with E-state index in [0.717, 1.165) is 91.3 Å². The van der Waals surface area contributed by atoms with Gasteiger partial charge in [0.2, 0.25) is 0 Å². The molecular formula is C66H77N3O8S2. The maximum atomic E-state index is 14.4. The number of hydrogen-bond acceptors (Lipinski definition) is 12. The molecule has 11 nitrogen and oxygen atoms in total. The number of hydrogen-bond donors (Lipinski definition) is 8. The van der Waals surface area contributed by atoms with E-state index in [2.05, 4.69) is 53.2 Å². The fourth-order valence-corrected chi connectivity index (χ4v) is 18.1. The van der Waals surface area contributed by atoms with Crippen LogP contribution in [0.1, 0.15) is 168 Å². The van der Waals surface area contributed by atoms with Crippen molar-refractivity contribution in [2.45, 2.75) is 145 Å². The maximum absolute atomic E-state index is 14.4. The normalized spacial score (nSPS) is 30.3. The number of phenols is 2. The first-order valence-electron chi connectivity index (χ1n) is 28.8. The largest absolute Gasteiger partial charge is 0.508 e. The van der Waals surface area contributed by atoms with E-state index in [4.69, 9.17) is 16.2 Å². The molecule has 10 atom stereocenters. The van der Waals surface area contributed by atoms with Gasteiger partial charge < -0.3 is 46.7 Å². The van der Waals surface area contributed by atoms with Crippen LogP contribution in [-0.2, 0) is 36.2 Å². The Morgan fingerprint density at radius 1 is 0.873 bits per heavy atom. The number of carbonyl (C=O) groups excluding carboxylic acids is 2. The van der Waals surface area contributed by atoms with Gasteiger partial charge in [0.15, 0.2) is 23.1 Å². The number of ether oxygens (including phenoxy) is 1. The predicted molar refractivity (Wildman–Crippen MR) is 313 cm³/mol. The van der Waals surface area contributed by atoms with Gasteiger partial charge in [-0.15, -0.1) is 0 Å². The molecule has 5 aliphatic carbocycles. The average molecular weight is 1100 g/mol. The van der Waals surface area contributed by atoms with Crippen LogP contribution in [0.5, 0.6) is 17.2 Å². The maximum Gasteiger partial charge on any atom is 0.165 e. The predicted octanol–water partition coefficient (Wildman–Crippen LogP) is 11.1. The smallest absolute Gasteiger partial charge is 0.165 e. The highest BCUT2D eigenvalue weighted by atomic mass is 33.1. The van der Waals surface area contributed by atoms with E-state index in [1.165, 1.54) is 11.1 Å². The zero-order valence-corrected chi connectivity index (χ0v) is 47.1. The molecule has 2 heterocycles. The summed E-state index contributed by atoms with van der Waals surface area (Å²) in [5, 5.41) is 58.1. The number of nitrogens with two attached hydrogens (primary N) is 2. The number of ketones is 2. The zero-order valence-electron chi connectivity index (χ0n) is 45.4. The summed E-state index contributed by atoms with van der Waals surface area (Å²) in [7, 11) is 3.44. The van der Waals surface area contributed by atoms with E-state index >= 15 is 0 Å². The molecule has 79 heavy (non-hydrogen) atoms. The molecule has 0 amide bonds. The summed E-state index contributed by atoms with van der Waals surface area (Å²) >= 11 is 0. The Bertz CT molecular complexity index is 3170. The van der Waals surface area contributed by atoms with Gasteiger partial charge in [-0.05, 0) is 176 Å². The number of aliphatic hydroxyl groups excluding tert-OH is 2. The van der Waals surface area contributed by atoms with Crippen molar-refractivity contribution >= 4 is 33.2 Å². The van der Waals surface area contributed by atoms with Crippen LogP contribution in [0.15, 0.2) is 97.2 Å². The van der Waals surface area contributed by atoms with Gasteiger partial charge in [-0.25, -0.2) is 0 Å². The molecule has 0 radical (unpaired) electrons. The Kier molecular flexibility index (Phi) is 16.4. The van der Waals surface area contributed by atoms with Crippen LogP contribution in [0.3, 0.4) is 0 Å². The zero-order chi connectivity index (χ0) is 55.1. The molecule has 4 aromatic carbocycles. The Morgan fingerprint density at radius 3 is 2.53 bits per heavy atom. The molecule has 416 valence electrons. The van der Waals surface area contributed by atoms with Gasteiger partial charge in [-0.3, -0.25) is 9.59 Å². The number of H-pyrrole nitrogens is 1. The highest BCUT2D eigenvalue weighted by Crippen LogP contribution is 2.65. The van der Waals surface area contributed by atoms with Gasteiger partial charge in [0, 0.05) is 83.2 Å². The number of aliphatic hydroxyl groups is 3. The number of allylic oxidation sites excluding steroid dienone is 2. The summed E-state index contributed by atoms with van der Waals surface area (Å²) in [6, 6.07) is 25.2. The molecule has 10 N–H and O–H groups in total. The van der Waals surface area contributed by atoms with Gasteiger partial charge in [-0.2, -0.15) is 0 Å². The number of aryl methyl sites for hydroxylation is 1. The summed E-state index contributed by atoms with van der Waals surface area (Å²) in [6.07, 6.45) is 15.0. The molecule has 0 spiro atoms. The molecule has 1 aliphatic heterocycles. The topological polar surface area (TPSA) is 212 Å². The summed E-state index contributed by atoms with van der Waals surface area (Å²) in [6.45, 7) is 2.35. The van der Waals surface area contributed by atoms with Gasteiger partial charge in [0.1, 0.15) is 5.75 Å².